The van der Waals surface area contributed by atoms with Gasteiger partial charge in [-0.05, 0) is 25.0 Å². The van der Waals surface area contributed by atoms with Gasteiger partial charge in [-0.1, -0.05) is 59.7 Å². The molecule has 0 unspecified atom stereocenters. The van der Waals surface area contributed by atoms with Gasteiger partial charge in [0.1, 0.15) is 0 Å². The summed E-state index contributed by atoms with van der Waals surface area (Å²) in [5, 5.41) is 0. The lowest BCUT2D eigenvalue weighted by molar-refractivity contribution is 0.685. The average Bonchev–Trinajstić information content (AvgIpc) is 2.79. The van der Waals surface area contributed by atoms with Crippen LogP contribution in [0.1, 0.15) is 22.3 Å². The molecular weight excluding hydrogens is 308 g/mol. The predicted molar refractivity (Wildman–Crippen MR) is 93.4 cm³/mol. The molecule has 0 aliphatic heterocycles. The molecule has 23 heavy (non-hydrogen) atoms. The minimum atomic E-state index is -0.249. The van der Waals surface area contributed by atoms with Gasteiger partial charge in [0.05, 0.1) is 13.1 Å². The van der Waals surface area contributed by atoms with Crippen molar-refractivity contribution in [3.63, 3.8) is 0 Å². The molecule has 1 aromatic heterocycles. The van der Waals surface area contributed by atoms with E-state index in [9.17, 15) is 9.59 Å². The Hall–Kier alpha value is -2.40. The highest BCUT2D eigenvalue weighted by molar-refractivity contribution is 7.03. The van der Waals surface area contributed by atoms with Gasteiger partial charge in [-0.25, -0.2) is 13.3 Å². The quantitative estimate of drug-likeness (QED) is 0.740. The van der Waals surface area contributed by atoms with Crippen LogP contribution in [0, 0.1) is 13.8 Å². The molecule has 0 fully saturated rings. The minimum absolute atomic E-state index is 0.220. The second-order valence-electron chi connectivity index (χ2n) is 5.73. The second-order valence-corrected chi connectivity index (χ2v) is 6.71. The molecule has 0 radical (unpaired) electrons. The normalized spacial score (nSPS) is 10.9. The summed E-state index contributed by atoms with van der Waals surface area (Å²) in [7, 11) is 0. The van der Waals surface area contributed by atoms with E-state index < -0.39 is 0 Å². The van der Waals surface area contributed by atoms with Crippen LogP contribution >= 0.6 is 11.5 Å². The van der Waals surface area contributed by atoms with Crippen LogP contribution in [0.15, 0.2) is 58.1 Å². The lowest BCUT2D eigenvalue weighted by Crippen LogP contribution is -2.29. The van der Waals surface area contributed by atoms with Crippen LogP contribution in [-0.2, 0) is 13.1 Å². The van der Waals surface area contributed by atoms with E-state index in [1.807, 2.05) is 62.4 Å². The number of hydrogen-bond acceptors (Lipinski definition) is 3. The Morgan fingerprint density at radius 1 is 0.783 bits per heavy atom. The zero-order valence-electron chi connectivity index (χ0n) is 13.2. The maximum absolute atomic E-state index is 12.5. The van der Waals surface area contributed by atoms with Crippen molar-refractivity contribution >= 4 is 11.5 Å². The van der Waals surface area contributed by atoms with Crippen molar-refractivity contribution in [3.05, 3.63) is 90.9 Å². The molecule has 5 heteroatoms. The highest BCUT2D eigenvalue weighted by Gasteiger charge is 2.11. The molecule has 1 heterocycles. The summed E-state index contributed by atoms with van der Waals surface area (Å²) in [5.41, 5.74) is 4.05. The SMILES string of the molecule is Cc1ccc(Cn2sc(=O)n(Cc3ccc(C)cc3)c2=O)cc1. The second kappa shape index (κ2) is 6.38. The number of hydrogen-bond donors (Lipinski definition) is 0. The molecule has 2 aromatic carbocycles. The van der Waals surface area contributed by atoms with Crippen LogP contribution in [0.2, 0.25) is 0 Å². The van der Waals surface area contributed by atoms with Gasteiger partial charge in [0.15, 0.2) is 0 Å². The Morgan fingerprint density at radius 2 is 1.26 bits per heavy atom. The number of benzene rings is 2. The Kier molecular flexibility index (Phi) is 4.30. The summed E-state index contributed by atoms with van der Waals surface area (Å²) < 4.78 is 2.81. The van der Waals surface area contributed by atoms with E-state index >= 15 is 0 Å². The predicted octanol–water partition coefficient (Wildman–Crippen LogP) is 2.78. The molecule has 3 rings (SSSR count). The van der Waals surface area contributed by atoms with E-state index in [1.54, 1.807) is 0 Å². The van der Waals surface area contributed by atoms with E-state index in [2.05, 4.69) is 0 Å². The summed E-state index contributed by atoms with van der Waals surface area (Å²) >= 11 is 0.974. The molecule has 118 valence electrons. The third-order valence-corrected chi connectivity index (χ3v) is 4.64. The fourth-order valence-corrected chi connectivity index (χ4v) is 3.18. The van der Waals surface area contributed by atoms with E-state index in [0.29, 0.717) is 13.1 Å². The highest BCUT2D eigenvalue weighted by atomic mass is 32.1. The topological polar surface area (TPSA) is 44.0 Å². The molecule has 0 saturated carbocycles. The molecule has 0 spiro atoms. The Balaban J connectivity index is 1.87. The summed E-state index contributed by atoms with van der Waals surface area (Å²) in [6.45, 7) is 4.77. The summed E-state index contributed by atoms with van der Waals surface area (Å²) in [6, 6.07) is 15.8. The van der Waals surface area contributed by atoms with Crippen LogP contribution in [0.5, 0.6) is 0 Å². The van der Waals surface area contributed by atoms with Crippen LogP contribution in [-0.4, -0.2) is 8.52 Å². The Bertz CT molecular complexity index is 915. The molecular formula is C18H18N2O2S. The van der Waals surface area contributed by atoms with E-state index in [0.717, 1.165) is 28.2 Å². The van der Waals surface area contributed by atoms with Gasteiger partial charge in [0, 0.05) is 11.5 Å². The van der Waals surface area contributed by atoms with E-state index in [-0.39, 0.29) is 10.6 Å². The maximum atomic E-state index is 12.5. The molecule has 3 aromatic rings. The van der Waals surface area contributed by atoms with Crippen LogP contribution < -0.4 is 10.6 Å². The summed E-state index contributed by atoms with van der Waals surface area (Å²) in [6.07, 6.45) is 0. The van der Waals surface area contributed by atoms with Gasteiger partial charge in [0.2, 0.25) is 0 Å². The molecule has 0 aliphatic carbocycles. The lowest BCUT2D eigenvalue weighted by Gasteiger charge is -2.03. The van der Waals surface area contributed by atoms with Crippen LogP contribution in [0.25, 0.3) is 0 Å². The van der Waals surface area contributed by atoms with Crippen molar-refractivity contribution in [1.82, 2.24) is 8.52 Å². The maximum Gasteiger partial charge on any atom is 0.341 e. The third-order valence-electron chi connectivity index (χ3n) is 3.76. The fraction of sp³-hybridized carbons (Fsp3) is 0.222. The summed E-state index contributed by atoms with van der Waals surface area (Å²) in [5.74, 6) is 0. The van der Waals surface area contributed by atoms with E-state index in [1.165, 1.54) is 14.1 Å². The van der Waals surface area contributed by atoms with Gasteiger partial charge in [0.25, 0.3) is 0 Å². The zero-order chi connectivity index (χ0) is 16.4. The number of rotatable bonds is 4. The Labute approximate surface area is 138 Å². The molecule has 0 atom stereocenters. The van der Waals surface area contributed by atoms with E-state index in [4.69, 9.17) is 0 Å². The standard InChI is InChI=1S/C18H18N2O2S/c1-13-3-7-15(8-4-13)11-19-17(21)20(23-18(19)22)12-16-9-5-14(2)6-10-16/h3-10H,11-12H2,1-2H3. The first kappa shape index (κ1) is 15.5. The largest absolute Gasteiger partial charge is 0.341 e. The Morgan fingerprint density at radius 3 is 1.78 bits per heavy atom. The molecule has 4 nitrogen and oxygen atoms in total. The van der Waals surface area contributed by atoms with Gasteiger partial charge in [-0.3, -0.25) is 4.79 Å². The minimum Gasteiger partial charge on any atom is -0.255 e. The first-order valence-electron chi connectivity index (χ1n) is 7.45. The molecule has 0 bridgehead atoms. The monoisotopic (exact) mass is 326 g/mol. The van der Waals surface area contributed by atoms with Crippen molar-refractivity contribution in [2.75, 3.05) is 0 Å². The zero-order valence-corrected chi connectivity index (χ0v) is 14.0. The van der Waals surface area contributed by atoms with Crippen molar-refractivity contribution < 1.29 is 0 Å². The van der Waals surface area contributed by atoms with Crippen LogP contribution in [0.4, 0.5) is 0 Å². The van der Waals surface area contributed by atoms with Crippen molar-refractivity contribution in [2.24, 2.45) is 0 Å². The van der Waals surface area contributed by atoms with Crippen molar-refractivity contribution in [2.45, 2.75) is 26.9 Å². The first-order valence-corrected chi connectivity index (χ1v) is 8.22. The average molecular weight is 326 g/mol. The van der Waals surface area contributed by atoms with Crippen molar-refractivity contribution in [1.29, 1.82) is 0 Å². The number of nitrogens with zero attached hydrogens (tertiary/aromatic N) is 2. The van der Waals surface area contributed by atoms with Crippen LogP contribution in [0.3, 0.4) is 0 Å². The number of aromatic nitrogens is 2. The highest BCUT2D eigenvalue weighted by Crippen LogP contribution is 2.06. The van der Waals surface area contributed by atoms with Crippen molar-refractivity contribution in [3.8, 4) is 0 Å². The van der Waals surface area contributed by atoms with Gasteiger partial charge >= 0.3 is 10.6 Å². The fourth-order valence-electron chi connectivity index (χ4n) is 2.36. The van der Waals surface area contributed by atoms with Gasteiger partial charge in [-0.2, -0.15) is 0 Å². The third kappa shape index (κ3) is 3.51. The molecule has 0 amide bonds. The van der Waals surface area contributed by atoms with Gasteiger partial charge < -0.3 is 0 Å². The molecule has 0 aliphatic rings. The van der Waals surface area contributed by atoms with Gasteiger partial charge in [-0.15, -0.1) is 0 Å². The summed E-state index contributed by atoms with van der Waals surface area (Å²) in [4.78, 5) is 24.4. The lowest BCUT2D eigenvalue weighted by atomic mass is 10.1. The number of aryl methyl sites for hydroxylation is 2. The molecule has 0 saturated heterocycles. The first-order chi connectivity index (χ1) is 11.0. The smallest absolute Gasteiger partial charge is 0.255 e. The molecule has 0 N–H and O–H groups in total.